The van der Waals surface area contributed by atoms with Crippen molar-refractivity contribution in [2.75, 3.05) is 20.3 Å². The lowest BCUT2D eigenvalue weighted by atomic mass is 9.98. The molecule has 0 aliphatic carbocycles. The number of halogens is 1. The van der Waals surface area contributed by atoms with Crippen molar-refractivity contribution in [3.05, 3.63) is 20.3 Å². The molecule has 1 aliphatic heterocycles. The van der Waals surface area contributed by atoms with Crippen LogP contribution in [0.4, 0.5) is 0 Å². The predicted octanol–water partition coefficient (Wildman–Crippen LogP) is 3.12. The maximum absolute atomic E-state index is 5.46. The lowest BCUT2D eigenvalue weighted by Crippen LogP contribution is -2.24. The van der Waals surface area contributed by atoms with E-state index in [4.69, 9.17) is 4.74 Å². The molecule has 1 saturated heterocycles. The largest absolute Gasteiger partial charge is 0.381 e. The Labute approximate surface area is 103 Å². The van der Waals surface area contributed by atoms with Crippen LogP contribution in [-0.4, -0.2) is 20.3 Å². The van der Waals surface area contributed by atoms with Crippen molar-refractivity contribution in [3.8, 4) is 0 Å². The topological polar surface area (TPSA) is 21.3 Å². The summed E-state index contributed by atoms with van der Waals surface area (Å²) in [6.45, 7) is 3.94. The van der Waals surface area contributed by atoms with Crippen molar-refractivity contribution in [1.29, 1.82) is 0 Å². The highest BCUT2D eigenvalue weighted by Crippen LogP contribution is 2.37. The predicted molar refractivity (Wildman–Crippen MR) is 67.5 cm³/mol. The monoisotopic (exact) mass is 289 g/mol. The molecule has 2 unspecified atom stereocenters. The number of hydrogen-bond donors (Lipinski definition) is 1. The smallest absolute Gasteiger partial charge is 0.0513 e. The van der Waals surface area contributed by atoms with E-state index < -0.39 is 0 Å². The molecule has 1 aromatic rings. The molecule has 4 heteroatoms. The van der Waals surface area contributed by atoms with Gasteiger partial charge in [0.15, 0.2) is 0 Å². The molecule has 0 saturated carbocycles. The van der Waals surface area contributed by atoms with Gasteiger partial charge in [-0.1, -0.05) is 0 Å². The lowest BCUT2D eigenvalue weighted by Gasteiger charge is -2.21. The zero-order chi connectivity index (χ0) is 10.8. The molecule has 0 spiro atoms. The molecule has 2 atom stereocenters. The van der Waals surface area contributed by atoms with Gasteiger partial charge in [0.25, 0.3) is 0 Å². The quantitative estimate of drug-likeness (QED) is 0.923. The lowest BCUT2D eigenvalue weighted by molar-refractivity contribution is 0.178. The minimum absolute atomic E-state index is 0.431. The van der Waals surface area contributed by atoms with Crippen molar-refractivity contribution in [2.45, 2.75) is 19.4 Å². The van der Waals surface area contributed by atoms with Crippen LogP contribution < -0.4 is 5.32 Å². The molecule has 84 valence electrons. The summed E-state index contributed by atoms with van der Waals surface area (Å²) in [5.74, 6) is 0.615. The summed E-state index contributed by atoms with van der Waals surface area (Å²) >= 11 is 5.50. The molecular weight excluding hydrogens is 274 g/mol. The first-order valence-corrected chi connectivity index (χ1v) is 6.84. The van der Waals surface area contributed by atoms with Gasteiger partial charge in [0.1, 0.15) is 0 Å². The van der Waals surface area contributed by atoms with Crippen LogP contribution in [0.2, 0.25) is 0 Å². The van der Waals surface area contributed by atoms with E-state index in [1.807, 2.05) is 18.4 Å². The van der Waals surface area contributed by atoms with Gasteiger partial charge in [0.05, 0.1) is 6.61 Å². The summed E-state index contributed by atoms with van der Waals surface area (Å²) in [6, 6.07) is 2.63. The molecule has 0 amide bonds. The number of rotatable bonds is 3. The summed E-state index contributed by atoms with van der Waals surface area (Å²) in [5.41, 5.74) is 0. The number of nitrogens with one attached hydrogen (secondary N) is 1. The van der Waals surface area contributed by atoms with Crippen LogP contribution >= 0.6 is 27.3 Å². The summed E-state index contributed by atoms with van der Waals surface area (Å²) in [7, 11) is 2.03. The van der Waals surface area contributed by atoms with Crippen LogP contribution in [0.5, 0.6) is 0 Å². The Bertz CT molecular complexity index is 333. The van der Waals surface area contributed by atoms with Crippen molar-refractivity contribution in [2.24, 2.45) is 5.92 Å². The van der Waals surface area contributed by atoms with Gasteiger partial charge in [0.2, 0.25) is 0 Å². The van der Waals surface area contributed by atoms with E-state index in [9.17, 15) is 0 Å². The third kappa shape index (κ3) is 2.44. The van der Waals surface area contributed by atoms with Crippen molar-refractivity contribution in [3.63, 3.8) is 0 Å². The van der Waals surface area contributed by atoms with Crippen LogP contribution in [0.1, 0.15) is 22.2 Å². The standard InChI is InChI=1S/C11H16BrNOS/c1-7-5-9(12)11(15-7)10(13-2)8-3-4-14-6-8/h5,8,10,13H,3-4,6H2,1-2H3. The van der Waals surface area contributed by atoms with E-state index in [-0.39, 0.29) is 0 Å². The van der Waals surface area contributed by atoms with E-state index in [1.165, 1.54) is 14.2 Å². The second-order valence-corrected chi connectivity index (χ2v) is 6.10. The average Bonchev–Trinajstić information content (AvgIpc) is 2.79. The normalized spacial score (nSPS) is 23.3. The van der Waals surface area contributed by atoms with Crippen molar-refractivity contribution in [1.82, 2.24) is 5.32 Å². The fraction of sp³-hybridized carbons (Fsp3) is 0.636. The summed E-state index contributed by atoms with van der Waals surface area (Å²) in [6.07, 6.45) is 1.16. The third-order valence-corrected chi connectivity index (χ3v) is 4.92. The minimum Gasteiger partial charge on any atom is -0.381 e. The minimum atomic E-state index is 0.431. The van der Waals surface area contributed by atoms with Crippen molar-refractivity contribution >= 4 is 27.3 Å². The number of ether oxygens (including phenoxy) is 1. The summed E-state index contributed by atoms with van der Waals surface area (Å²) in [4.78, 5) is 2.77. The number of thiophene rings is 1. The number of aryl methyl sites for hydroxylation is 1. The molecule has 0 radical (unpaired) electrons. The third-order valence-electron chi connectivity index (χ3n) is 2.87. The molecule has 0 aromatic carbocycles. The van der Waals surface area contributed by atoms with Crippen LogP contribution in [0.15, 0.2) is 10.5 Å². The second kappa shape index (κ2) is 4.95. The van der Waals surface area contributed by atoms with Crippen LogP contribution in [-0.2, 0) is 4.74 Å². The first kappa shape index (κ1) is 11.6. The van der Waals surface area contributed by atoms with Gasteiger partial charge in [-0.05, 0) is 42.4 Å². The summed E-state index contributed by atoms with van der Waals surface area (Å²) < 4.78 is 6.69. The fourth-order valence-electron chi connectivity index (χ4n) is 2.11. The Hall–Kier alpha value is 0.1000. The molecule has 2 heterocycles. The molecular formula is C11H16BrNOS. The molecule has 2 nitrogen and oxygen atoms in total. The highest BCUT2D eigenvalue weighted by molar-refractivity contribution is 9.10. The van der Waals surface area contributed by atoms with Gasteiger partial charge in [0, 0.05) is 32.8 Å². The Balaban J connectivity index is 2.21. The molecule has 2 rings (SSSR count). The van der Waals surface area contributed by atoms with Gasteiger partial charge >= 0.3 is 0 Å². The van der Waals surface area contributed by atoms with E-state index in [1.54, 1.807) is 0 Å². The zero-order valence-electron chi connectivity index (χ0n) is 9.05. The SMILES string of the molecule is CNC(c1sc(C)cc1Br)C1CCOC1. The molecule has 0 bridgehead atoms. The zero-order valence-corrected chi connectivity index (χ0v) is 11.5. The molecule has 15 heavy (non-hydrogen) atoms. The second-order valence-electron chi connectivity index (χ2n) is 3.96. The van der Waals surface area contributed by atoms with E-state index in [0.717, 1.165) is 19.6 Å². The highest BCUT2D eigenvalue weighted by atomic mass is 79.9. The van der Waals surface area contributed by atoms with Crippen LogP contribution in [0, 0.1) is 12.8 Å². The van der Waals surface area contributed by atoms with Gasteiger partial charge in [-0.25, -0.2) is 0 Å². The van der Waals surface area contributed by atoms with E-state index >= 15 is 0 Å². The Morgan fingerprint density at radius 3 is 2.93 bits per heavy atom. The Morgan fingerprint density at radius 1 is 1.67 bits per heavy atom. The molecule has 1 N–H and O–H groups in total. The molecule has 1 aliphatic rings. The molecule has 1 fully saturated rings. The first-order valence-electron chi connectivity index (χ1n) is 5.23. The highest BCUT2D eigenvalue weighted by Gasteiger charge is 2.28. The van der Waals surface area contributed by atoms with Crippen LogP contribution in [0.25, 0.3) is 0 Å². The van der Waals surface area contributed by atoms with Gasteiger partial charge < -0.3 is 10.1 Å². The Kier molecular flexibility index (Phi) is 3.83. The fourth-order valence-corrected chi connectivity index (χ4v) is 4.21. The molecule has 1 aromatic heterocycles. The number of hydrogen-bond acceptors (Lipinski definition) is 3. The maximum atomic E-state index is 5.46. The van der Waals surface area contributed by atoms with Gasteiger partial charge in [-0.2, -0.15) is 0 Å². The van der Waals surface area contributed by atoms with Crippen LogP contribution in [0.3, 0.4) is 0 Å². The summed E-state index contributed by atoms with van der Waals surface area (Å²) in [5, 5.41) is 3.41. The van der Waals surface area contributed by atoms with Gasteiger partial charge in [-0.3, -0.25) is 0 Å². The van der Waals surface area contributed by atoms with Crippen molar-refractivity contribution < 1.29 is 4.74 Å². The first-order chi connectivity index (χ1) is 7.22. The average molecular weight is 290 g/mol. The van der Waals surface area contributed by atoms with E-state index in [2.05, 4.69) is 34.2 Å². The maximum Gasteiger partial charge on any atom is 0.0513 e. The Morgan fingerprint density at radius 2 is 2.47 bits per heavy atom. The van der Waals surface area contributed by atoms with Gasteiger partial charge in [-0.15, -0.1) is 11.3 Å². The van der Waals surface area contributed by atoms with E-state index in [0.29, 0.717) is 12.0 Å².